The second-order valence-electron chi connectivity index (χ2n) is 7.80. The summed E-state index contributed by atoms with van der Waals surface area (Å²) in [6.45, 7) is 3.29. The van der Waals surface area contributed by atoms with Gasteiger partial charge in [-0.1, -0.05) is 18.2 Å². The number of para-hydroxylation sites is 1. The molecule has 0 spiro atoms. The first-order valence-electron chi connectivity index (χ1n) is 10.3. The molecule has 1 aliphatic heterocycles. The van der Waals surface area contributed by atoms with Crippen molar-refractivity contribution in [2.24, 2.45) is 0 Å². The molecule has 1 amide bonds. The zero-order valence-electron chi connectivity index (χ0n) is 17.6. The molecule has 3 aromatic rings. The van der Waals surface area contributed by atoms with Gasteiger partial charge in [0, 0.05) is 18.8 Å². The molecule has 0 saturated carbocycles. The lowest BCUT2D eigenvalue weighted by Crippen LogP contribution is -2.32. The van der Waals surface area contributed by atoms with Crippen molar-refractivity contribution in [3.63, 3.8) is 0 Å². The van der Waals surface area contributed by atoms with E-state index in [1.54, 1.807) is 29.5 Å². The number of amides is 1. The number of carbonyl (C=O) groups excluding carboxylic acids is 1. The number of carbonyl (C=O) groups is 1. The van der Waals surface area contributed by atoms with Gasteiger partial charge in [-0.15, -0.1) is 11.3 Å². The molecule has 31 heavy (non-hydrogen) atoms. The average molecular weight is 459 g/mol. The molecule has 0 aliphatic carbocycles. The van der Waals surface area contributed by atoms with E-state index >= 15 is 0 Å². The summed E-state index contributed by atoms with van der Waals surface area (Å²) >= 11 is 1.63. The topological polar surface area (TPSA) is 82.6 Å². The Morgan fingerprint density at radius 3 is 2.68 bits per heavy atom. The number of aromatic nitrogens is 1. The van der Waals surface area contributed by atoms with Crippen molar-refractivity contribution in [2.45, 2.75) is 30.7 Å². The van der Waals surface area contributed by atoms with E-state index in [-0.39, 0.29) is 23.4 Å². The van der Waals surface area contributed by atoms with Crippen LogP contribution in [0.4, 0.5) is 5.69 Å². The van der Waals surface area contributed by atoms with E-state index < -0.39 is 10.0 Å². The average Bonchev–Trinajstić information content (AvgIpc) is 3.43. The number of nitrogens with zero attached hydrogens (tertiary/aromatic N) is 3. The third-order valence-electron chi connectivity index (χ3n) is 5.54. The number of fused-ring (bicyclic) bond motifs is 1. The van der Waals surface area contributed by atoms with Crippen molar-refractivity contribution in [1.82, 2.24) is 14.2 Å². The number of hydrogen-bond donors (Lipinski definition) is 1. The maximum Gasteiger partial charge on any atom is 0.243 e. The third-order valence-corrected chi connectivity index (χ3v) is 8.64. The summed E-state index contributed by atoms with van der Waals surface area (Å²) in [6, 6.07) is 14.4. The minimum absolute atomic E-state index is 0.0231. The number of thiazole rings is 1. The van der Waals surface area contributed by atoms with E-state index in [1.807, 2.05) is 43.1 Å². The number of likely N-dealkylation sites (N-methyl/N-ethyl adjacent to an activating group) is 1. The van der Waals surface area contributed by atoms with E-state index in [9.17, 15) is 13.2 Å². The Bertz CT molecular complexity index is 1150. The summed E-state index contributed by atoms with van der Waals surface area (Å²) in [4.78, 5) is 19.4. The molecule has 1 fully saturated rings. The lowest BCUT2D eigenvalue weighted by atomic mass is 10.3. The number of sulfonamides is 1. The van der Waals surface area contributed by atoms with Crippen LogP contribution >= 0.6 is 11.3 Å². The molecule has 1 atom stereocenters. The highest BCUT2D eigenvalue weighted by Crippen LogP contribution is 2.29. The predicted molar refractivity (Wildman–Crippen MR) is 124 cm³/mol. The SMILES string of the molecule is C[C@H](c1nc2ccccc2s1)N(C)CC(=O)Nc1cccc(S(=O)(=O)N2CCCC2)c1. The van der Waals surface area contributed by atoms with Gasteiger partial charge in [-0.2, -0.15) is 4.31 Å². The second kappa shape index (κ2) is 9.04. The van der Waals surface area contributed by atoms with Crippen LogP contribution in [-0.4, -0.2) is 55.2 Å². The molecule has 1 aromatic heterocycles. The monoisotopic (exact) mass is 458 g/mol. The zero-order chi connectivity index (χ0) is 22.0. The third kappa shape index (κ3) is 4.79. The first-order chi connectivity index (χ1) is 14.8. The molecule has 0 radical (unpaired) electrons. The van der Waals surface area contributed by atoms with E-state index in [0.29, 0.717) is 18.8 Å². The quantitative estimate of drug-likeness (QED) is 0.584. The molecule has 1 aliphatic rings. The van der Waals surface area contributed by atoms with Gasteiger partial charge in [0.25, 0.3) is 0 Å². The van der Waals surface area contributed by atoms with Crippen LogP contribution in [0.1, 0.15) is 30.8 Å². The summed E-state index contributed by atoms with van der Waals surface area (Å²) in [7, 11) is -1.64. The molecule has 2 aromatic carbocycles. The van der Waals surface area contributed by atoms with Crippen molar-refractivity contribution >= 4 is 43.2 Å². The van der Waals surface area contributed by atoms with E-state index in [1.165, 1.54) is 10.4 Å². The molecular formula is C22H26N4O3S2. The Morgan fingerprint density at radius 2 is 1.94 bits per heavy atom. The van der Waals surface area contributed by atoms with Crippen molar-refractivity contribution < 1.29 is 13.2 Å². The summed E-state index contributed by atoms with van der Waals surface area (Å²) < 4.78 is 28.2. The molecule has 7 nitrogen and oxygen atoms in total. The fourth-order valence-corrected chi connectivity index (χ4v) is 6.28. The maximum absolute atomic E-state index is 12.8. The van der Waals surface area contributed by atoms with Crippen LogP contribution in [0.15, 0.2) is 53.4 Å². The van der Waals surface area contributed by atoms with Gasteiger partial charge in [-0.05, 0) is 57.1 Å². The molecule has 9 heteroatoms. The van der Waals surface area contributed by atoms with Crippen LogP contribution in [0.3, 0.4) is 0 Å². The van der Waals surface area contributed by atoms with Crippen molar-refractivity contribution in [3.05, 3.63) is 53.5 Å². The molecule has 2 heterocycles. The van der Waals surface area contributed by atoms with Crippen molar-refractivity contribution in [2.75, 3.05) is 32.0 Å². The van der Waals surface area contributed by atoms with Crippen molar-refractivity contribution in [1.29, 1.82) is 0 Å². The minimum Gasteiger partial charge on any atom is -0.325 e. The summed E-state index contributed by atoms with van der Waals surface area (Å²) in [6.07, 6.45) is 1.77. The number of rotatable bonds is 7. The van der Waals surface area contributed by atoms with Gasteiger partial charge in [0.2, 0.25) is 15.9 Å². The Balaban J connectivity index is 1.41. The summed E-state index contributed by atoms with van der Waals surface area (Å²) in [5, 5.41) is 3.78. The summed E-state index contributed by atoms with van der Waals surface area (Å²) in [5.41, 5.74) is 1.44. The highest BCUT2D eigenvalue weighted by atomic mass is 32.2. The predicted octanol–water partition coefficient (Wildman–Crippen LogP) is 3.71. The Kier molecular flexibility index (Phi) is 6.38. The molecule has 164 valence electrons. The van der Waals surface area contributed by atoms with E-state index in [2.05, 4.69) is 10.3 Å². The van der Waals surface area contributed by atoms with E-state index in [0.717, 1.165) is 28.1 Å². The highest BCUT2D eigenvalue weighted by molar-refractivity contribution is 7.89. The Labute approximate surface area is 186 Å². The van der Waals surface area contributed by atoms with Crippen LogP contribution in [0, 0.1) is 0 Å². The van der Waals surface area contributed by atoms with Gasteiger partial charge in [0.15, 0.2) is 0 Å². The smallest absolute Gasteiger partial charge is 0.243 e. The highest BCUT2D eigenvalue weighted by Gasteiger charge is 2.27. The van der Waals surface area contributed by atoms with Crippen LogP contribution in [0.5, 0.6) is 0 Å². The van der Waals surface area contributed by atoms with Crippen LogP contribution < -0.4 is 5.32 Å². The number of nitrogens with one attached hydrogen (secondary N) is 1. The van der Waals surface area contributed by atoms with Gasteiger partial charge < -0.3 is 5.32 Å². The van der Waals surface area contributed by atoms with Crippen LogP contribution in [0.25, 0.3) is 10.2 Å². The molecule has 0 bridgehead atoms. The first-order valence-corrected chi connectivity index (χ1v) is 12.6. The van der Waals surface area contributed by atoms with Crippen LogP contribution in [0.2, 0.25) is 0 Å². The fraction of sp³-hybridized carbons (Fsp3) is 0.364. The molecule has 1 saturated heterocycles. The lowest BCUT2D eigenvalue weighted by molar-refractivity contribution is -0.117. The maximum atomic E-state index is 12.8. The first kappa shape index (κ1) is 21.9. The van der Waals surface area contributed by atoms with Gasteiger partial charge in [-0.3, -0.25) is 9.69 Å². The second-order valence-corrected chi connectivity index (χ2v) is 10.8. The number of benzene rings is 2. The fourth-order valence-electron chi connectivity index (χ4n) is 3.63. The van der Waals surface area contributed by atoms with Gasteiger partial charge >= 0.3 is 0 Å². The van der Waals surface area contributed by atoms with Crippen molar-refractivity contribution in [3.8, 4) is 0 Å². The van der Waals surface area contributed by atoms with Gasteiger partial charge in [-0.25, -0.2) is 13.4 Å². The van der Waals surface area contributed by atoms with Gasteiger partial charge in [0.05, 0.1) is 27.7 Å². The Hall–Kier alpha value is -2.33. The molecule has 1 N–H and O–H groups in total. The molecule has 4 rings (SSSR count). The number of anilines is 1. The summed E-state index contributed by atoms with van der Waals surface area (Å²) in [5.74, 6) is -0.203. The molecular weight excluding hydrogens is 432 g/mol. The molecule has 0 unspecified atom stereocenters. The standard InChI is InChI=1S/C22H26N4O3S2/c1-16(22-24-19-10-3-4-11-20(19)30-22)25(2)15-21(27)23-17-8-7-9-18(14-17)31(28,29)26-12-5-6-13-26/h3-4,7-11,14,16H,5-6,12-13,15H2,1-2H3,(H,23,27)/t16-/m1/s1. The number of hydrogen-bond acceptors (Lipinski definition) is 6. The van der Waals surface area contributed by atoms with Crippen LogP contribution in [-0.2, 0) is 14.8 Å². The van der Waals surface area contributed by atoms with Gasteiger partial charge in [0.1, 0.15) is 5.01 Å². The minimum atomic E-state index is -3.52. The Morgan fingerprint density at radius 1 is 1.19 bits per heavy atom. The normalized spacial score (nSPS) is 16.1. The van der Waals surface area contributed by atoms with E-state index in [4.69, 9.17) is 0 Å². The zero-order valence-corrected chi connectivity index (χ0v) is 19.2. The largest absolute Gasteiger partial charge is 0.325 e. The lowest BCUT2D eigenvalue weighted by Gasteiger charge is -2.22.